The summed E-state index contributed by atoms with van der Waals surface area (Å²) in [4.78, 5) is 50.2. The molecule has 12 atom stereocenters. The van der Waals surface area contributed by atoms with Crippen molar-refractivity contribution in [3.05, 3.63) is 12.2 Å². The van der Waals surface area contributed by atoms with Gasteiger partial charge in [0.1, 0.15) is 17.8 Å². The lowest BCUT2D eigenvalue weighted by Crippen LogP contribution is -2.76. The minimum Gasteiger partial charge on any atom is -0.462 e. The topological polar surface area (TPSA) is 147 Å². The first-order valence-electron chi connectivity index (χ1n) is 12.8. The Morgan fingerprint density at radius 2 is 1.71 bits per heavy atom. The van der Waals surface area contributed by atoms with Gasteiger partial charge in [0.25, 0.3) is 0 Å². The second-order valence-corrected chi connectivity index (χ2v) is 11.8. The van der Waals surface area contributed by atoms with E-state index in [1.165, 1.54) is 20.8 Å². The number of rotatable bonds is 3. The molecule has 210 valence electrons. The van der Waals surface area contributed by atoms with E-state index in [2.05, 4.69) is 6.58 Å². The molecule has 1 N–H and O–H groups in total. The number of hydrogen-bond donors (Lipinski definition) is 1. The maximum Gasteiger partial charge on any atom is 0.312 e. The Morgan fingerprint density at radius 1 is 1.11 bits per heavy atom. The number of epoxide rings is 1. The van der Waals surface area contributed by atoms with Crippen LogP contribution in [0.2, 0.25) is 0 Å². The van der Waals surface area contributed by atoms with Gasteiger partial charge in [-0.05, 0) is 25.3 Å². The van der Waals surface area contributed by atoms with Gasteiger partial charge < -0.3 is 33.5 Å². The summed E-state index contributed by atoms with van der Waals surface area (Å²) < 4.78 is 35.7. The molecule has 1 saturated carbocycles. The highest BCUT2D eigenvalue weighted by Gasteiger charge is 2.79. The van der Waals surface area contributed by atoms with Gasteiger partial charge in [0.15, 0.2) is 18.3 Å². The van der Waals surface area contributed by atoms with Crippen LogP contribution in [0.3, 0.4) is 0 Å². The highest BCUT2D eigenvalue weighted by molar-refractivity contribution is 6.23. The monoisotopic (exact) mass is 556 g/mol. The normalized spacial score (nSPS) is 49.1. The van der Waals surface area contributed by atoms with Crippen LogP contribution in [0.5, 0.6) is 0 Å². The van der Waals surface area contributed by atoms with Crippen molar-refractivity contribution in [3.63, 3.8) is 0 Å². The maximum absolute atomic E-state index is 13.0. The number of ether oxygens (including phenoxy) is 6. The number of aliphatic hydroxyl groups excluding tert-OH is 1. The van der Waals surface area contributed by atoms with Crippen molar-refractivity contribution < 1.29 is 52.7 Å². The lowest BCUT2D eigenvalue weighted by atomic mass is 9.51. The number of hydrogen-bond acceptors (Lipinski definition) is 11. The molecule has 12 heteroatoms. The molecular formula is C26H33ClO11. The molecule has 4 saturated heterocycles. The van der Waals surface area contributed by atoms with Gasteiger partial charge in [0, 0.05) is 26.7 Å². The van der Waals surface area contributed by atoms with Gasteiger partial charge in [-0.1, -0.05) is 13.5 Å². The second-order valence-electron chi connectivity index (χ2n) is 11.3. The Bertz CT molecular complexity index is 1090. The first kappa shape index (κ1) is 27.4. The van der Waals surface area contributed by atoms with E-state index >= 15 is 0 Å². The van der Waals surface area contributed by atoms with Gasteiger partial charge >= 0.3 is 23.9 Å². The predicted molar refractivity (Wildman–Crippen MR) is 128 cm³/mol. The molecule has 4 heterocycles. The number of esters is 4. The van der Waals surface area contributed by atoms with E-state index in [0.717, 1.165) is 0 Å². The molecule has 2 bridgehead atoms. The van der Waals surface area contributed by atoms with E-state index in [1.807, 2.05) is 0 Å². The molecule has 0 radical (unpaired) electrons. The third kappa shape index (κ3) is 3.65. The van der Waals surface area contributed by atoms with Gasteiger partial charge in [0.05, 0.1) is 35.0 Å². The fraction of sp³-hybridized carbons (Fsp3) is 0.769. The van der Waals surface area contributed by atoms with Crippen LogP contribution >= 0.6 is 11.6 Å². The first-order valence-corrected chi connectivity index (χ1v) is 13.2. The van der Waals surface area contributed by atoms with Crippen LogP contribution in [-0.2, 0) is 47.6 Å². The average Bonchev–Trinajstić information content (AvgIpc) is 3.54. The zero-order valence-corrected chi connectivity index (χ0v) is 22.7. The summed E-state index contributed by atoms with van der Waals surface area (Å²) in [5, 5.41) is 11.4. The molecule has 5 rings (SSSR count). The zero-order chi connectivity index (χ0) is 27.9. The molecule has 2 spiro atoms. The number of halogens is 1. The van der Waals surface area contributed by atoms with Crippen molar-refractivity contribution in [2.75, 3.05) is 6.61 Å². The van der Waals surface area contributed by atoms with Gasteiger partial charge in [-0.3, -0.25) is 19.2 Å². The molecule has 0 amide bonds. The fourth-order valence-corrected chi connectivity index (χ4v) is 7.86. The summed E-state index contributed by atoms with van der Waals surface area (Å²) in [6, 6.07) is 0. The third-order valence-electron chi connectivity index (χ3n) is 9.20. The molecule has 11 nitrogen and oxygen atoms in total. The summed E-state index contributed by atoms with van der Waals surface area (Å²) in [7, 11) is 0. The van der Waals surface area contributed by atoms with E-state index in [-0.39, 0.29) is 12.2 Å². The van der Waals surface area contributed by atoms with Crippen LogP contribution in [0.25, 0.3) is 0 Å². The Kier molecular flexibility index (Phi) is 6.41. The van der Waals surface area contributed by atoms with E-state index < -0.39 is 94.3 Å². The molecule has 0 aromatic carbocycles. The van der Waals surface area contributed by atoms with E-state index in [0.29, 0.717) is 12.8 Å². The standard InChI is InChI=1S/C26H33ClO11/c1-10-16(27)21-26(11(2)23(32)37-21)20(31)19-24(6,15(34-12(3)28)7-8-25(19)9-33-25)22(36-14(5)30)18(17(10)38-26)35-13(4)29/h11,15-22,31H,1,7-9H2,2-6H3/t11-,15-,16-,17+,18+,19+,20-,21-,22-,24-,25-,26+/m0/s1. The Labute approximate surface area is 225 Å². The number of fused-ring (bicyclic) bond motifs is 3. The Hall–Kier alpha value is -2.21. The number of alkyl halides is 1. The average molecular weight is 557 g/mol. The van der Waals surface area contributed by atoms with Crippen LogP contribution in [0.4, 0.5) is 0 Å². The fourth-order valence-electron chi connectivity index (χ4n) is 7.49. The van der Waals surface area contributed by atoms with Gasteiger partial charge in [0.2, 0.25) is 0 Å². The van der Waals surface area contributed by atoms with E-state index in [9.17, 15) is 24.3 Å². The van der Waals surface area contributed by atoms with Crippen LogP contribution in [-0.4, -0.2) is 88.8 Å². The first-order chi connectivity index (χ1) is 17.7. The van der Waals surface area contributed by atoms with Crippen molar-refractivity contribution in [1.29, 1.82) is 0 Å². The van der Waals surface area contributed by atoms with Crippen molar-refractivity contribution in [2.24, 2.45) is 17.3 Å². The van der Waals surface area contributed by atoms with Gasteiger partial charge in [-0.2, -0.15) is 0 Å². The number of carbonyl (C=O) groups is 4. The molecule has 5 fully saturated rings. The summed E-state index contributed by atoms with van der Waals surface area (Å²) in [5.41, 5.74) is -3.72. The second kappa shape index (κ2) is 8.90. The molecule has 1 aliphatic carbocycles. The highest BCUT2D eigenvalue weighted by Crippen LogP contribution is 2.64. The molecule has 38 heavy (non-hydrogen) atoms. The van der Waals surface area contributed by atoms with Crippen molar-refractivity contribution in [1.82, 2.24) is 0 Å². The smallest absolute Gasteiger partial charge is 0.312 e. The third-order valence-corrected chi connectivity index (χ3v) is 9.71. The highest BCUT2D eigenvalue weighted by atomic mass is 35.5. The SMILES string of the molecule is C=C1[C@H]2O[C@]3([C@@H](C)C(=O)O[C@H]3[C@H]1Cl)[C@@H](O)[C@H]1[C@]3(CC[C@H](OC(C)=O)[C@]1(C)[C@@H](OC(C)=O)[C@@H]2OC(C)=O)CO3. The molecule has 0 aromatic heterocycles. The quantitative estimate of drug-likeness (QED) is 0.176. The summed E-state index contributed by atoms with van der Waals surface area (Å²) in [5.74, 6) is -4.47. The van der Waals surface area contributed by atoms with Crippen LogP contribution in [0.15, 0.2) is 12.2 Å². The summed E-state index contributed by atoms with van der Waals surface area (Å²) >= 11 is 6.82. The minimum absolute atomic E-state index is 0.226. The molecule has 4 aliphatic heterocycles. The molecule has 0 aromatic rings. The Balaban J connectivity index is 1.80. The van der Waals surface area contributed by atoms with Crippen molar-refractivity contribution >= 4 is 35.5 Å². The largest absolute Gasteiger partial charge is 0.462 e. The predicted octanol–water partition coefficient (Wildman–Crippen LogP) is 1.20. The van der Waals surface area contributed by atoms with Gasteiger partial charge in [-0.25, -0.2) is 0 Å². The molecule has 0 unspecified atom stereocenters. The number of carbonyl (C=O) groups excluding carboxylic acids is 4. The van der Waals surface area contributed by atoms with Crippen molar-refractivity contribution in [2.45, 2.75) is 101 Å². The molecule has 5 aliphatic rings. The number of aliphatic hydroxyl groups is 1. The maximum atomic E-state index is 13.0. The van der Waals surface area contributed by atoms with E-state index in [1.54, 1.807) is 13.8 Å². The van der Waals surface area contributed by atoms with Crippen molar-refractivity contribution in [3.8, 4) is 0 Å². The summed E-state index contributed by atoms with van der Waals surface area (Å²) in [6.07, 6.45) is -6.47. The zero-order valence-electron chi connectivity index (χ0n) is 21.9. The summed E-state index contributed by atoms with van der Waals surface area (Å²) in [6.45, 7) is 11.3. The lowest BCUT2D eigenvalue weighted by molar-refractivity contribution is -0.306. The van der Waals surface area contributed by atoms with E-state index in [4.69, 9.17) is 40.0 Å². The lowest BCUT2D eigenvalue weighted by Gasteiger charge is -2.62. The molecular weight excluding hydrogens is 524 g/mol. The van der Waals surface area contributed by atoms with Crippen LogP contribution in [0, 0.1) is 17.3 Å². The van der Waals surface area contributed by atoms with Gasteiger partial charge in [-0.15, -0.1) is 11.6 Å². The Morgan fingerprint density at radius 3 is 2.26 bits per heavy atom. The van der Waals surface area contributed by atoms with Crippen LogP contribution in [0.1, 0.15) is 47.5 Å². The minimum atomic E-state index is -1.68. The van der Waals surface area contributed by atoms with Crippen LogP contribution < -0.4 is 0 Å².